The van der Waals surface area contributed by atoms with Gasteiger partial charge in [-0.1, -0.05) is 27.5 Å². The van der Waals surface area contributed by atoms with E-state index in [9.17, 15) is 4.79 Å². The fourth-order valence-corrected chi connectivity index (χ4v) is 2.09. The molecule has 0 heterocycles. The fraction of sp³-hybridized carbons (Fsp3) is 0.364. The van der Waals surface area contributed by atoms with Crippen molar-refractivity contribution < 1.29 is 14.3 Å². The summed E-state index contributed by atoms with van der Waals surface area (Å²) in [7, 11) is 1.50. The van der Waals surface area contributed by atoms with Crippen LogP contribution in [-0.4, -0.2) is 25.1 Å². The molecule has 1 aliphatic rings. The number of methoxy groups -OCH3 is 1. The van der Waals surface area contributed by atoms with Crippen LogP contribution in [0.3, 0.4) is 0 Å². The molecule has 0 spiro atoms. The predicted octanol–water partition coefficient (Wildman–Crippen LogP) is 2.84. The summed E-state index contributed by atoms with van der Waals surface area (Å²) >= 11 is 9.31. The lowest BCUT2D eigenvalue weighted by atomic mass is 9.90. The SMILES string of the molecule is COC1C(=O)CC1Oc1cc(Br)ccc1Cl. The van der Waals surface area contributed by atoms with Crippen LogP contribution >= 0.6 is 27.5 Å². The van der Waals surface area contributed by atoms with Crippen LogP contribution in [-0.2, 0) is 9.53 Å². The average molecular weight is 306 g/mol. The first-order chi connectivity index (χ1) is 7.61. The lowest BCUT2D eigenvalue weighted by Gasteiger charge is -2.33. The molecule has 0 radical (unpaired) electrons. The van der Waals surface area contributed by atoms with E-state index < -0.39 is 6.10 Å². The van der Waals surface area contributed by atoms with Gasteiger partial charge in [0, 0.05) is 18.0 Å². The number of carbonyl (C=O) groups excluding carboxylic acids is 1. The van der Waals surface area contributed by atoms with Gasteiger partial charge in [-0.3, -0.25) is 4.79 Å². The highest BCUT2D eigenvalue weighted by atomic mass is 79.9. The van der Waals surface area contributed by atoms with Crippen LogP contribution in [0.2, 0.25) is 5.02 Å². The highest BCUT2D eigenvalue weighted by molar-refractivity contribution is 9.10. The molecule has 1 aromatic carbocycles. The van der Waals surface area contributed by atoms with Gasteiger partial charge in [-0.2, -0.15) is 0 Å². The molecule has 0 aliphatic heterocycles. The number of ether oxygens (including phenoxy) is 2. The minimum Gasteiger partial charge on any atom is -0.485 e. The summed E-state index contributed by atoms with van der Waals surface area (Å²) in [5.41, 5.74) is 0. The lowest BCUT2D eigenvalue weighted by molar-refractivity contribution is -0.150. The van der Waals surface area contributed by atoms with Crippen LogP contribution < -0.4 is 4.74 Å². The lowest BCUT2D eigenvalue weighted by Crippen LogP contribution is -2.51. The molecule has 2 atom stereocenters. The zero-order valence-corrected chi connectivity index (χ0v) is 10.9. The van der Waals surface area contributed by atoms with Crippen LogP contribution in [0.5, 0.6) is 5.75 Å². The van der Waals surface area contributed by atoms with Crippen LogP contribution in [0.1, 0.15) is 6.42 Å². The first-order valence-electron chi connectivity index (χ1n) is 4.79. The summed E-state index contributed by atoms with van der Waals surface area (Å²) in [5, 5.41) is 0.525. The summed E-state index contributed by atoms with van der Waals surface area (Å²) in [6, 6.07) is 5.34. The van der Waals surface area contributed by atoms with E-state index in [1.54, 1.807) is 12.1 Å². The van der Waals surface area contributed by atoms with Gasteiger partial charge in [-0.25, -0.2) is 0 Å². The molecule has 0 saturated heterocycles. The Morgan fingerprint density at radius 2 is 2.25 bits per heavy atom. The Morgan fingerprint density at radius 1 is 1.50 bits per heavy atom. The van der Waals surface area contributed by atoms with Crippen molar-refractivity contribution in [2.75, 3.05) is 7.11 Å². The average Bonchev–Trinajstić information content (AvgIpc) is 2.23. The zero-order chi connectivity index (χ0) is 11.7. The third-order valence-electron chi connectivity index (χ3n) is 2.48. The summed E-state index contributed by atoms with van der Waals surface area (Å²) in [6.07, 6.45) is -0.319. The van der Waals surface area contributed by atoms with Crippen LogP contribution in [0.15, 0.2) is 22.7 Å². The van der Waals surface area contributed by atoms with Crippen LogP contribution in [0, 0.1) is 0 Å². The molecule has 3 nitrogen and oxygen atoms in total. The second-order valence-electron chi connectivity index (χ2n) is 3.56. The summed E-state index contributed by atoms with van der Waals surface area (Å²) in [5.74, 6) is 0.634. The third kappa shape index (κ3) is 2.24. The van der Waals surface area contributed by atoms with Gasteiger partial charge in [-0.05, 0) is 18.2 Å². The molecule has 16 heavy (non-hydrogen) atoms. The van der Waals surface area contributed by atoms with Crippen molar-refractivity contribution >= 4 is 33.3 Å². The number of hydrogen-bond acceptors (Lipinski definition) is 3. The normalized spacial score (nSPS) is 24.1. The molecule has 0 bridgehead atoms. The number of hydrogen-bond donors (Lipinski definition) is 0. The fourth-order valence-electron chi connectivity index (χ4n) is 1.59. The largest absolute Gasteiger partial charge is 0.485 e. The van der Waals surface area contributed by atoms with Gasteiger partial charge in [0.25, 0.3) is 0 Å². The topological polar surface area (TPSA) is 35.5 Å². The molecule has 2 rings (SSSR count). The van der Waals surface area contributed by atoms with Crippen LogP contribution in [0.25, 0.3) is 0 Å². The molecular formula is C11H10BrClO3. The van der Waals surface area contributed by atoms with Gasteiger partial charge in [0.15, 0.2) is 11.9 Å². The Balaban J connectivity index is 2.10. The predicted molar refractivity (Wildman–Crippen MR) is 64.0 cm³/mol. The number of carbonyl (C=O) groups is 1. The van der Waals surface area contributed by atoms with Gasteiger partial charge in [0.05, 0.1) is 5.02 Å². The Kier molecular flexibility index (Phi) is 3.52. The zero-order valence-electron chi connectivity index (χ0n) is 8.57. The summed E-state index contributed by atoms with van der Waals surface area (Å²) < 4.78 is 11.5. The molecule has 2 unspecified atom stereocenters. The second-order valence-corrected chi connectivity index (χ2v) is 4.88. The summed E-state index contributed by atoms with van der Waals surface area (Å²) in [6.45, 7) is 0. The highest BCUT2D eigenvalue weighted by Gasteiger charge is 2.42. The van der Waals surface area contributed by atoms with E-state index in [4.69, 9.17) is 21.1 Å². The van der Waals surface area contributed by atoms with E-state index in [1.807, 2.05) is 6.07 Å². The quantitative estimate of drug-likeness (QED) is 0.861. The summed E-state index contributed by atoms with van der Waals surface area (Å²) in [4.78, 5) is 11.2. The van der Waals surface area contributed by atoms with E-state index in [0.29, 0.717) is 17.2 Å². The highest BCUT2D eigenvalue weighted by Crippen LogP contribution is 2.32. The van der Waals surface area contributed by atoms with Crippen molar-refractivity contribution in [2.45, 2.75) is 18.6 Å². The second kappa shape index (κ2) is 4.73. The number of rotatable bonds is 3. The monoisotopic (exact) mass is 304 g/mol. The smallest absolute Gasteiger partial charge is 0.169 e. The maximum atomic E-state index is 11.2. The third-order valence-corrected chi connectivity index (χ3v) is 3.29. The van der Waals surface area contributed by atoms with E-state index in [0.717, 1.165) is 4.47 Å². The van der Waals surface area contributed by atoms with Crippen molar-refractivity contribution in [1.29, 1.82) is 0 Å². The molecular weight excluding hydrogens is 295 g/mol. The Labute approximate surface area is 107 Å². The van der Waals surface area contributed by atoms with Crippen molar-refractivity contribution in [3.8, 4) is 5.75 Å². The molecule has 0 N–H and O–H groups in total. The number of Topliss-reactive ketones (excluding diaryl/α,β-unsaturated/α-hetero) is 1. The first-order valence-corrected chi connectivity index (χ1v) is 5.96. The molecule has 1 aromatic rings. The molecule has 86 valence electrons. The van der Waals surface area contributed by atoms with E-state index in [1.165, 1.54) is 7.11 Å². The number of ketones is 1. The van der Waals surface area contributed by atoms with Crippen LogP contribution in [0.4, 0.5) is 0 Å². The Morgan fingerprint density at radius 3 is 2.88 bits per heavy atom. The van der Waals surface area contributed by atoms with Gasteiger partial charge < -0.3 is 9.47 Å². The van der Waals surface area contributed by atoms with Gasteiger partial charge in [0.2, 0.25) is 0 Å². The number of benzene rings is 1. The number of halogens is 2. The first kappa shape index (κ1) is 11.9. The van der Waals surface area contributed by atoms with E-state index in [-0.39, 0.29) is 11.9 Å². The Bertz CT molecular complexity index is 422. The minimum atomic E-state index is -0.463. The van der Waals surface area contributed by atoms with Crippen molar-refractivity contribution in [3.63, 3.8) is 0 Å². The Hall–Kier alpha value is -0.580. The molecule has 0 amide bonds. The molecule has 1 aliphatic carbocycles. The van der Waals surface area contributed by atoms with Gasteiger partial charge >= 0.3 is 0 Å². The van der Waals surface area contributed by atoms with Gasteiger partial charge in [-0.15, -0.1) is 0 Å². The van der Waals surface area contributed by atoms with E-state index >= 15 is 0 Å². The maximum Gasteiger partial charge on any atom is 0.169 e. The van der Waals surface area contributed by atoms with Crippen molar-refractivity contribution in [3.05, 3.63) is 27.7 Å². The van der Waals surface area contributed by atoms with Crippen molar-refractivity contribution in [2.24, 2.45) is 0 Å². The molecule has 1 saturated carbocycles. The van der Waals surface area contributed by atoms with Gasteiger partial charge in [0.1, 0.15) is 11.9 Å². The molecule has 0 aromatic heterocycles. The van der Waals surface area contributed by atoms with Crippen molar-refractivity contribution in [1.82, 2.24) is 0 Å². The minimum absolute atomic E-state index is 0.0682. The molecule has 5 heteroatoms. The molecule has 1 fully saturated rings. The standard InChI is InChI=1S/C11H10BrClO3/c1-15-11-8(14)5-10(11)16-9-4-6(12)2-3-7(9)13/h2-4,10-11H,5H2,1H3. The van der Waals surface area contributed by atoms with E-state index in [2.05, 4.69) is 15.9 Å². The maximum absolute atomic E-state index is 11.2.